The Morgan fingerprint density at radius 2 is 2.38 bits per heavy atom. The largest absolute Gasteiger partial charge is 0.478 e. The highest BCUT2D eigenvalue weighted by Crippen LogP contribution is 2.27. The number of aromatic nitrogens is 1. The number of aryl methyl sites for hydroxylation is 1. The van der Waals surface area contributed by atoms with Gasteiger partial charge in [-0.05, 0) is 42.9 Å². The Bertz CT molecular complexity index is 392. The minimum atomic E-state index is -0.823. The number of aliphatic carboxylic acids is 1. The minimum absolute atomic E-state index is 0.470. The number of carboxylic acids is 1. The number of nitrogens with zero attached hydrogens (tertiary/aromatic N) is 1. The lowest BCUT2D eigenvalue weighted by molar-refractivity contribution is -0.132. The Hall–Kier alpha value is -1.16. The van der Waals surface area contributed by atoms with Crippen LogP contribution in [0.3, 0.4) is 0 Å². The van der Waals surface area contributed by atoms with E-state index in [1.165, 1.54) is 22.0 Å². The molecule has 0 aromatic carbocycles. The summed E-state index contributed by atoms with van der Waals surface area (Å²) in [5.41, 5.74) is 2.54. The van der Waals surface area contributed by atoms with E-state index in [1.54, 1.807) is 6.08 Å². The number of carbonyl (C=O) groups is 1. The van der Waals surface area contributed by atoms with Crippen LogP contribution in [0.2, 0.25) is 0 Å². The first-order valence-corrected chi connectivity index (χ1v) is 4.85. The minimum Gasteiger partial charge on any atom is -0.478 e. The molecule has 0 fully saturated rings. The number of carboxylic acid groups (broad SMARTS) is 1. The first kappa shape index (κ1) is 8.44. The van der Waals surface area contributed by atoms with E-state index in [1.807, 2.05) is 6.92 Å². The third-order valence-corrected chi connectivity index (χ3v) is 3.05. The van der Waals surface area contributed by atoms with Crippen LogP contribution in [-0.4, -0.2) is 15.4 Å². The highest BCUT2D eigenvalue weighted by molar-refractivity contribution is 7.06. The molecule has 0 saturated carbocycles. The monoisotopic (exact) mass is 195 g/mol. The molecule has 4 heteroatoms. The number of hydrogen-bond donors (Lipinski definition) is 1. The standard InChI is InChI=1S/C9H9NO2S/c1-5-7-3-2-6(9(11)12)4-8(7)10-13-5/h4H,2-3H2,1H3,(H,11,12). The first-order valence-electron chi connectivity index (χ1n) is 4.07. The molecule has 0 spiro atoms. The molecule has 68 valence electrons. The molecule has 2 rings (SSSR count). The predicted molar refractivity (Wildman–Crippen MR) is 50.8 cm³/mol. The molecule has 1 aliphatic rings. The summed E-state index contributed by atoms with van der Waals surface area (Å²) in [6, 6.07) is 0. The van der Waals surface area contributed by atoms with Crippen molar-refractivity contribution in [1.82, 2.24) is 4.37 Å². The van der Waals surface area contributed by atoms with Crippen molar-refractivity contribution >= 4 is 23.6 Å². The molecular formula is C9H9NO2S. The maximum absolute atomic E-state index is 10.7. The van der Waals surface area contributed by atoms with Gasteiger partial charge in [0.1, 0.15) is 0 Å². The normalized spacial score (nSPS) is 15.0. The maximum Gasteiger partial charge on any atom is 0.331 e. The van der Waals surface area contributed by atoms with Gasteiger partial charge in [-0.25, -0.2) is 4.79 Å². The lowest BCUT2D eigenvalue weighted by atomic mass is 9.96. The van der Waals surface area contributed by atoms with Crippen LogP contribution in [0.4, 0.5) is 0 Å². The molecule has 0 amide bonds. The van der Waals surface area contributed by atoms with E-state index in [-0.39, 0.29) is 0 Å². The summed E-state index contributed by atoms with van der Waals surface area (Å²) in [5, 5.41) is 8.78. The molecule has 0 saturated heterocycles. The van der Waals surface area contributed by atoms with Crippen LogP contribution in [0.5, 0.6) is 0 Å². The van der Waals surface area contributed by atoms with Gasteiger partial charge in [-0.3, -0.25) is 0 Å². The van der Waals surface area contributed by atoms with Gasteiger partial charge in [-0.1, -0.05) is 0 Å². The smallest absolute Gasteiger partial charge is 0.331 e. The molecule has 0 atom stereocenters. The third-order valence-electron chi connectivity index (χ3n) is 2.25. The van der Waals surface area contributed by atoms with Crippen molar-refractivity contribution in [2.45, 2.75) is 19.8 Å². The SMILES string of the molecule is Cc1snc2c1CCC(C(=O)O)=C2. The highest BCUT2D eigenvalue weighted by Gasteiger charge is 2.18. The van der Waals surface area contributed by atoms with Crippen molar-refractivity contribution in [1.29, 1.82) is 0 Å². The number of fused-ring (bicyclic) bond motifs is 1. The molecule has 3 nitrogen and oxygen atoms in total. The second-order valence-corrected chi connectivity index (χ2v) is 4.05. The summed E-state index contributed by atoms with van der Waals surface area (Å²) in [6.45, 7) is 2.02. The summed E-state index contributed by atoms with van der Waals surface area (Å²) in [5.74, 6) is -0.823. The van der Waals surface area contributed by atoms with Gasteiger partial charge in [-0.2, -0.15) is 4.37 Å². The van der Waals surface area contributed by atoms with Crippen molar-refractivity contribution in [2.24, 2.45) is 0 Å². The van der Waals surface area contributed by atoms with Crippen LogP contribution in [0.15, 0.2) is 5.57 Å². The van der Waals surface area contributed by atoms with Crippen molar-refractivity contribution in [3.8, 4) is 0 Å². The summed E-state index contributed by atoms with van der Waals surface area (Å²) in [4.78, 5) is 11.9. The van der Waals surface area contributed by atoms with E-state index >= 15 is 0 Å². The molecule has 1 aromatic heterocycles. The molecule has 1 aromatic rings. The van der Waals surface area contributed by atoms with Crippen molar-refractivity contribution in [2.75, 3.05) is 0 Å². The average Bonchev–Trinajstić information content (AvgIpc) is 2.47. The summed E-state index contributed by atoms with van der Waals surface area (Å²) in [7, 11) is 0. The van der Waals surface area contributed by atoms with Crippen molar-refractivity contribution in [3.63, 3.8) is 0 Å². The van der Waals surface area contributed by atoms with E-state index in [4.69, 9.17) is 5.11 Å². The van der Waals surface area contributed by atoms with E-state index in [0.717, 1.165) is 12.1 Å². The lowest BCUT2D eigenvalue weighted by Gasteiger charge is -2.08. The van der Waals surface area contributed by atoms with Crippen LogP contribution in [0, 0.1) is 6.92 Å². The zero-order chi connectivity index (χ0) is 9.42. The Balaban J connectivity index is 2.45. The number of hydrogen-bond acceptors (Lipinski definition) is 3. The maximum atomic E-state index is 10.7. The molecule has 1 N–H and O–H groups in total. The zero-order valence-corrected chi connectivity index (χ0v) is 8.02. The van der Waals surface area contributed by atoms with Gasteiger partial charge in [0.15, 0.2) is 0 Å². The van der Waals surface area contributed by atoms with Gasteiger partial charge in [0.2, 0.25) is 0 Å². The predicted octanol–water partition coefficient (Wildman–Crippen LogP) is 1.87. The van der Waals surface area contributed by atoms with Crippen LogP contribution in [-0.2, 0) is 11.2 Å². The van der Waals surface area contributed by atoms with Gasteiger partial charge in [0.25, 0.3) is 0 Å². The van der Waals surface area contributed by atoms with E-state index in [0.29, 0.717) is 12.0 Å². The Labute approximate surface area is 79.9 Å². The molecule has 0 bridgehead atoms. The molecule has 0 unspecified atom stereocenters. The Kier molecular flexibility index (Phi) is 1.92. The Morgan fingerprint density at radius 3 is 3.08 bits per heavy atom. The summed E-state index contributed by atoms with van der Waals surface area (Å²) in [6.07, 6.45) is 3.13. The second kappa shape index (κ2) is 2.96. The van der Waals surface area contributed by atoms with Crippen molar-refractivity contribution in [3.05, 3.63) is 21.7 Å². The van der Waals surface area contributed by atoms with Gasteiger partial charge in [0, 0.05) is 10.5 Å². The van der Waals surface area contributed by atoms with Crippen LogP contribution in [0.1, 0.15) is 22.6 Å². The molecule has 0 aliphatic heterocycles. The van der Waals surface area contributed by atoms with Crippen LogP contribution >= 0.6 is 11.5 Å². The first-order chi connectivity index (χ1) is 6.18. The molecule has 1 aliphatic carbocycles. The van der Waals surface area contributed by atoms with E-state index < -0.39 is 5.97 Å². The second-order valence-electron chi connectivity index (χ2n) is 3.08. The molecular weight excluding hydrogens is 186 g/mol. The fourth-order valence-electron chi connectivity index (χ4n) is 1.49. The van der Waals surface area contributed by atoms with E-state index in [9.17, 15) is 4.79 Å². The van der Waals surface area contributed by atoms with Gasteiger partial charge in [0.05, 0.1) is 5.69 Å². The van der Waals surface area contributed by atoms with Gasteiger partial charge < -0.3 is 5.11 Å². The average molecular weight is 195 g/mol. The van der Waals surface area contributed by atoms with E-state index in [2.05, 4.69) is 4.37 Å². The van der Waals surface area contributed by atoms with Crippen molar-refractivity contribution < 1.29 is 9.90 Å². The van der Waals surface area contributed by atoms with Gasteiger partial charge in [-0.15, -0.1) is 0 Å². The molecule has 1 heterocycles. The fourth-order valence-corrected chi connectivity index (χ4v) is 2.21. The van der Waals surface area contributed by atoms with Crippen LogP contribution in [0.25, 0.3) is 6.08 Å². The number of rotatable bonds is 1. The fraction of sp³-hybridized carbons (Fsp3) is 0.333. The summed E-state index contributed by atoms with van der Waals surface area (Å²) >= 11 is 1.45. The lowest BCUT2D eigenvalue weighted by Crippen LogP contribution is -2.06. The highest BCUT2D eigenvalue weighted by atomic mass is 32.1. The molecule has 13 heavy (non-hydrogen) atoms. The van der Waals surface area contributed by atoms with Crippen LogP contribution < -0.4 is 0 Å². The third kappa shape index (κ3) is 1.37. The topological polar surface area (TPSA) is 50.2 Å². The zero-order valence-electron chi connectivity index (χ0n) is 7.20. The quantitative estimate of drug-likeness (QED) is 0.744. The molecule has 0 radical (unpaired) electrons. The van der Waals surface area contributed by atoms with Gasteiger partial charge >= 0.3 is 5.97 Å². The summed E-state index contributed by atoms with van der Waals surface area (Å²) < 4.78 is 4.19. The Morgan fingerprint density at radius 1 is 1.62 bits per heavy atom.